The molecule has 0 atom stereocenters. The number of hydrogen-bond acceptors (Lipinski definition) is 3. The summed E-state index contributed by atoms with van der Waals surface area (Å²) in [5.41, 5.74) is 0.260. The van der Waals surface area contributed by atoms with Crippen molar-refractivity contribution in [2.45, 2.75) is 24.7 Å². The Balaban J connectivity index is 2.17. The Morgan fingerprint density at radius 1 is 1.48 bits per heavy atom. The first-order valence-corrected chi connectivity index (χ1v) is 7.90. The lowest BCUT2D eigenvalue weighted by Gasteiger charge is -2.11. The van der Waals surface area contributed by atoms with Crippen LogP contribution in [0.15, 0.2) is 29.2 Å². The summed E-state index contributed by atoms with van der Waals surface area (Å²) in [6.07, 6.45) is 3.96. The molecule has 0 bridgehead atoms. The highest BCUT2D eigenvalue weighted by atomic mass is 32.2. The maximum Gasteiger partial charge on any atom is 0.328 e. The first kappa shape index (κ1) is 15.7. The lowest BCUT2D eigenvalue weighted by atomic mass is 10.2. The zero-order valence-electron chi connectivity index (χ0n) is 11.5. The molecule has 0 saturated heterocycles. The van der Waals surface area contributed by atoms with Crippen LogP contribution in [-0.2, 0) is 14.8 Å². The fourth-order valence-electron chi connectivity index (χ4n) is 1.74. The largest absolute Gasteiger partial charge is 0.478 e. The highest BCUT2D eigenvalue weighted by Crippen LogP contribution is 2.44. The van der Waals surface area contributed by atoms with Gasteiger partial charge in [-0.05, 0) is 42.0 Å². The molecule has 1 saturated carbocycles. The third-order valence-corrected chi connectivity index (χ3v) is 4.89. The van der Waals surface area contributed by atoms with E-state index in [9.17, 15) is 17.6 Å². The topological polar surface area (TPSA) is 83.5 Å². The Hall–Kier alpha value is -1.73. The minimum atomic E-state index is -3.90. The Morgan fingerprint density at radius 3 is 2.67 bits per heavy atom. The van der Waals surface area contributed by atoms with E-state index in [-0.39, 0.29) is 17.5 Å². The Bertz CT molecular complexity index is 693. The summed E-state index contributed by atoms with van der Waals surface area (Å²) in [6.45, 7) is 2.25. The van der Waals surface area contributed by atoms with Crippen molar-refractivity contribution in [2.24, 2.45) is 5.41 Å². The van der Waals surface area contributed by atoms with Crippen LogP contribution in [0.2, 0.25) is 0 Å². The van der Waals surface area contributed by atoms with Crippen LogP contribution in [0.5, 0.6) is 0 Å². The maximum absolute atomic E-state index is 13.9. The van der Waals surface area contributed by atoms with Crippen LogP contribution in [0.3, 0.4) is 0 Å². The smallest absolute Gasteiger partial charge is 0.328 e. The Labute approximate surface area is 122 Å². The van der Waals surface area contributed by atoms with Gasteiger partial charge in [0.25, 0.3) is 0 Å². The van der Waals surface area contributed by atoms with E-state index in [0.29, 0.717) is 0 Å². The number of carboxylic acids is 1. The normalized spacial score (nSPS) is 17.0. The number of sulfonamides is 1. The van der Waals surface area contributed by atoms with Gasteiger partial charge in [-0.2, -0.15) is 0 Å². The van der Waals surface area contributed by atoms with Gasteiger partial charge in [0.15, 0.2) is 0 Å². The van der Waals surface area contributed by atoms with E-state index in [1.807, 2.05) is 6.92 Å². The summed E-state index contributed by atoms with van der Waals surface area (Å²) in [6, 6.07) is 3.48. The van der Waals surface area contributed by atoms with Crippen molar-refractivity contribution in [1.29, 1.82) is 0 Å². The molecule has 5 nitrogen and oxygen atoms in total. The van der Waals surface area contributed by atoms with E-state index in [4.69, 9.17) is 5.11 Å². The second-order valence-electron chi connectivity index (χ2n) is 5.50. The third-order valence-electron chi connectivity index (χ3n) is 3.46. The highest BCUT2D eigenvalue weighted by molar-refractivity contribution is 7.89. The van der Waals surface area contributed by atoms with Crippen molar-refractivity contribution < 1.29 is 22.7 Å². The lowest BCUT2D eigenvalue weighted by Crippen LogP contribution is -2.29. The average molecular weight is 313 g/mol. The zero-order chi connectivity index (χ0) is 15.7. The van der Waals surface area contributed by atoms with Crippen molar-refractivity contribution in [3.8, 4) is 0 Å². The van der Waals surface area contributed by atoms with Crippen LogP contribution < -0.4 is 4.72 Å². The number of halogens is 1. The van der Waals surface area contributed by atoms with Crippen molar-refractivity contribution in [3.63, 3.8) is 0 Å². The van der Waals surface area contributed by atoms with Gasteiger partial charge in [-0.25, -0.2) is 22.3 Å². The van der Waals surface area contributed by atoms with Gasteiger partial charge >= 0.3 is 5.97 Å². The monoisotopic (exact) mass is 313 g/mol. The van der Waals surface area contributed by atoms with E-state index >= 15 is 0 Å². The van der Waals surface area contributed by atoms with Crippen LogP contribution in [0.1, 0.15) is 25.3 Å². The van der Waals surface area contributed by atoms with Crippen LogP contribution >= 0.6 is 0 Å². The predicted molar refractivity (Wildman–Crippen MR) is 75.6 cm³/mol. The quantitative estimate of drug-likeness (QED) is 0.787. The number of rotatable bonds is 6. The molecule has 0 aromatic heterocycles. The van der Waals surface area contributed by atoms with Gasteiger partial charge in [0.2, 0.25) is 10.0 Å². The first-order chi connectivity index (χ1) is 9.72. The molecule has 0 spiro atoms. The second-order valence-corrected chi connectivity index (χ2v) is 7.23. The minimum absolute atomic E-state index is 0.0201. The van der Waals surface area contributed by atoms with E-state index in [1.54, 1.807) is 0 Å². The van der Waals surface area contributed by atoms with Crippen LogP contribution in [-0.4, -0.2) is 26.0 Å². The SMILES string of the molecule is CC1(CNS(=O)(=O)c2ccc(/C=C/C(=O)O)cc2F)CC1. The fraction of sp³-hybridized carbons (Fsp3) is 0.357. The van der Waals surface area contributed by atoms with Gasteiger partial charge < -0.3 is 5.11 Å². The van der Waals surface area contributed by atoms with Gasteiger partial charge in [-0.15, -0.1) is 0 Å². The summed E-state index contributed by atoms with van der Waals surface area (Å²) >= 11 is 0. The molecule has 0 unspecified atom stereocenters. The predicted octanol–water partition coefficient (Wildman–Crippen LogP) is 2.00. The summed E-state index contributed by atoms with van der Waals surface area (Å²) in [5.74, 6) is -2.07. The minimum Gasteiger partial charge on any atom is -0.478 e. The number of nitrogens with one attached hydrogen (secondary N) is 1. The van der Waals surface area contributed by atoms with Gasteiger partial charge in [0, 0.05) is 12.6 Å². The molecular formula is C14H16FNO4S. The molecule has 114 valence electrons. The van der Waals surface area contributed by atoms with Gasteiger partial charge in [-0.1, -0.05) is 13.0 Å². The fourth-order valence-corrected chi connectivity index (χ4v) is 3.00. The van der Waals surface area contributed by atoms with E-state index in [1.165, 1.54) is 12.1 Å². The molecular weight excluding hydrogens is 297 g/mol. The molecule has 0 radical (unpaired) electrons. The summed E-state index contributed by atoms with van der Waals surface area (Å²) in [7, 11) is -3.90. The number of benzene rings is 1. The molecule has 1 fully saturated rings. The first-order valence-electron chi connectivity index (χ1n) is 6.42. The number of aliphatic carboxylic acids is 1. The van der Waals surface area contributed by atoms with Gasteiger partial charge in [0.05, 0.1) is 0 Å². The summed E-state index contributed by atoms with van der Waals surface area (Å²) in [4.78, 5) is 9.95. The molecule has 0 heterocycles. The molecule has 21 heavy (non-hydrogen) atoms. The van der Waals surface area contributed by atoms with E-state index in [0.717, 1.165) is 31.1 Å². The maximum atomic E-state index is 13.9. The Morgan fingerprint density at radius 2 is 2.14 bits per heavy atom. The van der Waals surface area contributed by atoms with Gasteiger partial charge in [-0.3, -0.25) is 0 Å². The van der Waals surface area contributed by atoms with Crippen LogP contribution in [0, 0.1) is 11.2 Å². The molecule has 1 aliphatic carbocycles. The molecule has 2 rings (SSSR count). The van der Waals surface area contributed by atoms with Crippen LogP contribution in [0.4, 0.5) is 4.39 Å². The number of hydrogen-bond donors (Lipinski definition) is 2. The molecule has 1 aliphatic rings. The highest BCUT2D eigenvalue weighted by Gasteiger charge is 2.38. The summed E-state index contributed by atoms with van der Waals surface area (Å²) < 4.78 is 40.4. The average Bonchev–Trinajstić information content (AvgIpc) is 3.13. The third kappa shape index (κ3) is 4.12. The standard InChI is InChI=1S/C14H16FNO4S/c1-14(6-7-14)9-16-21(19,20)12-4-2-10(8-11(12)15)3-5-13(17)18/h2-5,8,16H,6-7,9H2,1H3,(H,17,18)/b5-3+. The molecule has 1 aromatic carbocycles. The summed E-state index contributed by atoms with van der Waals surface area (Å²) in [5, 5.41) is 8.49. The number of carbonyl (C=O) groups is 1. The van der Waals surface area contributed by atoms with E-state index in [2.05, 4.69) is 4.72 Å². The molecule has 2 N–H and O–H groups in total. The van der Waals surface area contributed by atoms with Crippen molar-refractivity contribution in [1.82, 2.24) is 4.72 Å². The van der Waals surface area contributed by atoms with Gasteiger partial charge in [0.1, 0.15) is 10.7 Å². The Kier molecular flexibility index (Phi) is 4.15. The molecule has 0 amide bonds. The molecule has 0 aliphatic heterocycles. The van der Waals surface area contributed by atoms with Crippen molar-refractivity contribution in [2.75, 3.05) is 6.54 Å². The van der Waals surface area contributed by atoms with E-state index < -0.39 is 26.7 Å². The van der Waals surface area contributed by atoms with Crippen molar-refractivity contribution in [3.05, 3.63) is 35.7 Å². The number of carboxylic acid groups (broad SMARTS) is 1. The molecule has 7 heteroatoms. The van der Waals surface area contributed by atoms with Crippen molar-refractivity contribution >= 4 is 22.1 Å². The molecule has 1 aromatic rings. The lowest BCUT2D eigenvalue weighted by molar-refractivity contribution is -0.131. The van der Waals surface area contributed by atoms with Crippen LogP contribution in [0.25, 0.3) is 6.08 Å². The second kappa shape index (κ2) is 5.57. The zero-order valence-corrected chi connectivity index (χ0v) is 12.3.